The van der Waals surface area contributed by atoms with Gasteiger partial charge in [0.05, 0.1) is 12.1 Å². The summed E-state index contributed by atoms with van der Waals surface area (Å²) in [7, 11) is 0. The van der Waals surface area contributed by atoms with E-state index in [-0.39, 0.29) is 11.5 Å². The summed E-state index contributed by atoms with van der Waals surface area (Å²) in [5, 5.41) is 6.21. The van der Waals surface area contributed by atoms with E-state index in [1.807, 2.05) is 24.3 Å². The third kappa shape index (κ3) is 3.75. The fraction of sp³-hybridized carbons (Fsp3) is 0.0625. The number of pyridine rings is 1. The molecule has 0 radical (unpaired) electrons. The minimum atomic E-state index is -0.358. The van der Waals surface area contributed by atoms with Gasteiger partial charge >= 0.3 is 0 Å². The molecule has 23 heavy (non-hydrogen) atoms. The molecule has 0 aliphatic heterocycles. The van der Waals surface area contributed by atoms with E-state index in [0.29, 0.717) is 17.9 Å². The molecular weight excluding hydrogens is 362 g/mol. The number of halogens is 1. The molecule has 7 heteroatoms. The zero-order chi connectivity index (χ0) is 16.2. The number of rotatable bonds is 4. The maximum atomic E-state index is 12.2. The molecule has 0 fully saturated rings. The maximum absolute atomic E-state index is 12.2. The Morgan fingerprint density at radius 1 is 1.17 bits per heavy atom. The number of benzene rings is 1. The summed E-state index contributed by atoms with van der Waals surface area (Å²) < 4.78 is 7.11. The molecule has 3 aromatic rings. The summed E-state index contributed by atoms with van der Waals surface area (Å²) in [4.78, 5) is 24.1. The van der Waals surface area contributed by atoms with Crippen LogP contribution in [0.1, 0.15) is 15.9 Å². The first-order chi connectivity index (χ1) is 11.1. The second-order valence-corrected chi connectivity index (χ2v) is 5.76. The van der Waals surface area contributed by atoms with Gasteiger partial charge in [0.25, 0.3) is 11.5 Å². The van der Waals surface area contributed by atoms with Crippen molar-refractivity contribution in [2.45, 2.75) is 6.54 Å². The number of carbonyl (C=O) groups excluding carboxylic acids is 1. The molecule has 6 nitrogen and oxygen atoms in total. The molecule has 3 rings (SSSR count). The molecule has 1 amide bonds. The van der Waals surface area contributed by atoms with Crippen LogP contribution in [-0.2, 0) is 6.54 Å². The third-order valence-corrected chi connectivity index (χ3v) is 3.72. The Hall–Kier alpha value is -2.67. The molecule has 0 aliphatic carbocycles. The van der Waals surface area contributed by atoms with Crippen LogP contribution in [0.2, 0.25) is 0 Å². The van der Waals surface area contributed by atoms with Gasteiger partial charge in [-0.05, 0) is 23.8 Å². The molecule has 2 aromatic heterocycles. The fourth-order valence-corrected chi connectivity index (χ4v) is 2.31. The third-order valence-electron chi connectivity index (χ3n) is 3.19. The van der Waals surface area contributed by atoms with Crippen LogP contribution in [0.3, 0.4) is 0 Å². The Morgan fingerprint density at radius 3 is 2.65 bits per heavy atom. The summed E-state index contributed by atoms with van der Waals surface area (Å²) in [5.74, 6) is -0.0379. The second-order valence-electron chi connectivity index (χ2n) is 4.85. The molecule has 0 unspecified atom stereocenters. The van der Waals surface area contributed by atoms with Crippen molar-refractivity contribution in [2.24, 2.45) is 0 Å². The number of hydrogen-bond acceptors (Lipinski definition) is 4. The van der Waals surface area contributed by atoms with Crippen LogP contribution in [0.4, 0.5) is 5.82 Å². The van der Waals surface area contributed by atoms with Gasteiger partial charge in [0.15, 0.2) is 5.82 Å². The van der Waals surface area contributed by atoms with E-state index in [1.54, 1.807) is 0 Å². The number of nitrogens with one attached hydrogen (secondary N) is 1. The zero-order valence-corrected chi connectivity index (χ0v) is 13.5. The molecule has 0 bridgehead atoms. The largest absolute Gasteiger partial charge is 0.363 e. The van der Waals surface area contributed by atoms with E-state index in [4.69, 9.17) is 0 Å². The highest BCUT2D eigenvalue weighted by Crippen LogP contribution is 2.11. The average molecular weight is 374 g/mol. The van der Waals surface area contributed by atoms with E-state index in [1.165, 1.54) is 35.2 Å². The van der Waals surface area contributed by atoms with Crippen LogP contribution < -0.4 is 10.9 Å². The van der Waals surface area contributed by atoms with Crippen LogP contribution >= 0.6 is 15.9 Å². The molecule has 0 aliphatic rings. The monoisotopic (exact) mass is 373 g/mol. The van der Waals surface area contributed by atoms with Crippen LogP contribution in [0.5, 0.6) is 0 Å². The molecular formula is C16H12BrN3O3. The quantitative estimate of drug-likeness (QED) is 0.762. The van der Waals surface area contributed by atoms with Crippen molar-refractivity contribution in [3.05, 3.63) is 80.9 Å². The smallest absolute Gasteiger partial charge is 0.258 e. The average Bonchev–Trinajstić information content (AvgIpc) is 3.04. The lowest BCUT2D eigenvalue weighted by Gasteiger charge is -2.08. The maximum Gasteiger partial charge on any atom is 0.258 e. The van der Waals surface area contributed by atoms with Crippen molar-refractivity contribution in [1.29, 1.82) is 0 Å². The van der Waals surface area contributed by atoms with Crippen LogP contribution in [0.25, 0.3) is 0 Å². The van der Waals surface area contributed by atoms with Gasteiger partial charge in [-0.25, -0.2) is 0 Å². The van der Waals surface area contributed by atoms with Crippen LogP contribution in [0, 0.1) is 0 Å². The van der Waals surface area contributed by atoms with Crippen molar-refractivity contribution < 1.29 is 9.32 Å². The molecule has 0 atom stereocenters. The number of carbonyl (C=O) groups is 1. The van der Waals surface area contributed by atoms with Gasteiger partial charge in [0.1, 0.15) is 6.26 Å². The van der Waals surface area contributed by atoms with E-state index in [9.17, 15) is 9.59 Å². The minimum Gasteiger partial charge on any atom is -0.363 e. The van der Waals surface area contributed by atoms with Gasteiger partial charge < -0.3 is 14.4 Å². The predicted molar refractivity (Wildman–Crippen MR) is 88.4 cm³/mol. The van der Waals surface area contributed by atoms with E-state index in [0.717, 1.165) is 10.0 Å². The Kier molecular flexibility index (Phi) is 4.38. The minimum absolute atomic E-state index is 0.175. The van der Waals surface area contributed by atoms with Gasteiger partial charge in [0.2, 0.25) is 0 Å². The first kappa shape index (κ1) is 15.2. The highest BCUT2D eigenvalue weighted by Gasteiger charge is 2.10. The highest BCUT2D eigenvalue weighted by atomic mass is 79.9. The summed E-state index contributed by atoms with van der Waals surface area (Å²) in [5.41, 5.74) is 1.15. The van der Waals surface area contributed by atoms with E-state index >= 15 is 0 Å². The first-order valence-corrected chi connectivity index (χ1v) is 7.58. The van der Waals surface area contributed by atoms with Crippen molar-refractivity contribution in [3.8, 4) is 0 Å². The first-order valence-electron chi connectivity index (χ1n) is 6.78. The van der Waals surface area contributed by atoms with Gasteiger partial charge in [0, 0.05) is 22.8 Å². The van der Waals surface area contributed by atoms with Crippen molar-refractivity contribution in [2.75, 3.05) is 5.32 Å². The number of anilines is 1. The number of aromatic nitrogens is 2. The summed E-state index contributed by atoms with van der Waals surface area (Å²) >= 11 is 3.37. The van der Waals surface area contributed by atoms with E-state index in [2.05, 4.69) is 30.9 Å². The predicted octanol–water partition coefficient (Wildman–Crippen LogP) is 2.90. The molecule has 1 N–H and O–H groups in total. The Balaban J connectivity index is 1.82. The zero-order valence-electron chi connectivity index (χ0n) is 11.9. The Morgan fingerprint density at radius 2 is 1.96 bits per heavy atom. The number of nitrogens with zero attached hydrogens (tertiary/aromatic N) is 2. The number of amides is 1. The molecule has 0 saturated heterocycles. The second kappa shape index (κ2) is 6.62. The number of hydrogen-bond donors (Lipinski definition) is 1. The molecule has 2 heterocycles. The van der Waals surface area contributed by atoms with Gasteiger partial charge in [-0.1, -0.05) is 33.2 Å². The molecule has 0 spiro atoms. The van der Waals surface area contributed by atoms with Crippen LogP contribution in [0.15, 0.2) is 68.7 Å². The lowest BCUT2D eigenvalue weighted by Crippen LogP contribution is -2.22. The molecule has 116 valence electrons. The lowest BCUT2D eigenvalue weighted by molar-refractivity contribution is 0.102. The summed E-state index contributed by atoms with van der Waals surface area (Å²) in [6.07, 6.45) is 2.89. The van der Waals surface area contributed by atoms with Crippen molar-refractivity contribution in [1.82, 2.24) is 9.72 Å². The van der Waals surface area contributed by atoms with Crippen molar-refractivity contribution in [3.63, 3.8) is 0 Å². The fourth-order valence-electron chi connectivity index (χ4n) is 2.04. The Labute approximate surface area is 139 Å². The van der Waals surface area contributed by atoms with Crippen LogP contribution in [-0.4, -0.2) is 15.6 Å². The lowest BCUT2D eigenvalue weighted by atomic mass is 10.2. The molecule has 1 aromatic carbocycles. The van der Waals surface area contributed by atoms with Gasteiger partial charge in [-0.2, -0.15) is 0 Å². The standard InChI is InChI=1S/C16H12BrN3O3/c17-13-4-1-11(2-5-13)9-20-10-12(3-6-15(20)21)16(22)18-14-7-8-23-19-14/h1-8,10H,9H2,(H,18,19,22). The van der Waals surface area contributed by atoms with Crippen molar-refractivity contribution >= 4 is 27.7 Å². The van der Waals surface area contributed by atoms with Gasteiger partial charge in [-0.15, -0.1) is 0 Å². The summed E-state index contributed by atoms with van der Waals surface area (Å²) in [6, 6.07) is 12.0. The van der Waals surface area contributed by atoms with E-state index < -0.39 is 0 Å². The molecule has 0 saturated carbocycles. The Bertz CT molecular complexity index is 870. The topological polar surface area (TPSA) is 77.1 Å². The normalized spacial score (nSPS) is 10.5. The highest BCUT2D eigenvalue weighted by molar-refractivity contribution is 9.10. The van der Waals surface area contributed by atoms with Gasteiger partial charge in [-0.3, -0.25) is 9.59 Å². The SMILES string of the molecule is O=C(Nc1ccon1)c1ccc(=O)n(Cc2ccc(Br)cc2)c1. The summed E-state index contributed by atoms with van der Waals surface area (Å²) in [6.45, 7) is 0.386.